The molecule has 36 heavy (non-hydrogen) atoms. The van der Waals surface area contributed by atoms with E-state index in [4.69, 9.17) is 18.6 Å². The number of rotatable bonds is 9. The predicted molar refractivity (Wildman–Crippen MR) is 140 cm³/mol. The number of hydrogen-bond donors (Lipinski definition) is 1. The molecule has 0 saturated heterocycles. The van der Waals surface area contributed by atoms with E-state index < -0.39 is 11.9 Å². The number of hydrogen-bond acceptors (Lipinski definition) is 8. The number of allylic oxidation sites excluding steroid dienone is 3. The normalized spacial score (nSPS) is 19.6. The molecule has 2 heterocycles. The predicted octanol–water partition coefficient (Wildman–Crippen LogP) is 5.26. The van der Waals surface area contributed by atoms with E-state index in [1.54, 1.807) is 26.0 Å². The lowest BCUT2D eigenvalue weighted by Crippen LogP contribution is -2.36. The van der Waals surface area contributed by atoms with E-state index in [2.05, 4.69) is 12.2 Å². The van der Waals surface area contributed by atoms with Crippen molar-refractivity contribution in [1.82, 2.24) is 5.32 Å². The summed E-state index contributed by atoms with van der Waals surface area (Å²) in [6.07, 6.45) is 0.945. The van der Waals surface area contributed by atoms with Crippen molar-refractivity contribution in [2.24, 2.45) is 0 Å². The molecule has 2 aromatic rings. The summed E-state index contributed by atoms with van der Waals surface area (Å²) in [5.41, 5.74) is 3.52. The minimum atomic E-state index is -0.597. The molecule has 192 valence electrons. The largest absolute Gasteiger partial charge is 0.493 e. The van der Waals surface area contributed by atoms with Crippen LogP contribution in [-0.2, 0) is 14.3 Å². The molecule has 1 aliphatic heterocycles. The first kappa shape index (κ1) is 25.9. The Balaban J connectivity index is 1.68. The Labute approximate surface area is 216 Å². The molecule has 2 aliphatic rings. The first-order chi connectivity index (χ1) is 17.4. The zero-order chi connectivity index (χ0) is 25.8. The van der Waals surface area contributed by atoms with Gasteiger partial charge in [-0.05, 0) is 61.8 Å². The third kappa shape index (κ3) is 5.19. The average Bonchev–Trinajstić information content (AvgIpc) is 3.30. The van der Waals surface area contributed by atoms with Gasteiger partial charge in [0.25, 0.3) is 0 Å². The number of esters is 1. The number of ether oxygens (including phenoxy) is 3. The van der Waals surface area contributed by atoms with Crippen LogP contribution in [0.3, 0.4) is 0 Å². The van der Waals surface area contributed by atoms with Crippen molar-refractivity contribution in [3.63, 3.8) is 0 Å². The quantitative estimate of drug-likeness (QED) is 0.360. The van der Waals surface area contributed by atoms with Crippen molar-refractivity contribution in [2.75, 3.05) is 32.3 Å². The summed E-state index contributed by atoms with van der Waals surface area (Å²) < 4.78 is 22.4. The van der Waals surface area contributed by atoms with Crippen LogP contribution in [0.5, 0.6) is 11.5 Å². The van der Waals surface area contributed by atoms with Gasteiger partial charge in [-0.2, -0.15) is 11.8 Å². The van der Waals surface area contributed by atoms with Crippen LogP contribution in [0.25, 0.3) is 0 Å². The van der Waals surface area contributed by atoms with E-state index >= 15 is 0 Å². The molecule has 0 amide bonds. The molecule has 4 rings (SSSR count). The Morgan fingerprint density at radius 3 is 2.56 bits per heavy atom. The summed E-state index contributed by atoms with van der Waals surface area (Å²) in [5, 5.41) is 3.37. The van der Waals surface area contributed by atoms with Gasteiger partial charge in [-0.15, -0.1) is 0 Å². The number of furan rings is 1. The Bertz CT molecular complexity index is 1210. The van der Waals surface area contributed by atoms with Crippen molar-refractivity contribution in [3.05, 3.63) is 70.0 Å². The van der Waals surface area contributed by atoms with Gasteiger partial charge in [0.15, 0.2) is 17.3 Å². The summed E-state index contributed by atoms with van der Waals surface area (Å²) in [6, 6.07) is 9.46. The average molecular weight is 512 g/mol. The molecular formula is C28H33NO6S. The maximum atomic E-state index is 13.7. The van der Waals surface area contributed by atoms with Gasteiger partial charge in [0.2, 0.25) is 0 Å². The molecule has 0 radical (unpaired) electrons. The zero-order valence-corrected chi connectivity index (χ0v) is 22.3. The van der Waals surface area contributed by atoms with Crippen LogP contribution < -0.4 is 14.8 Å². The molecule has 1 aromatic heterocycles. The third-order valence-corrected chi connectivity index (χ3v) is 7.50. The number of aryl methyl sites for hydroxylation is 1. The van der Waals surface area contributed by atoms with E-state index in [1.165, 1.54) is 0 Å². The zero-order valence-electron chi connectivity index (χ0n) is 21.4. The number of benzene rings is 1. The minimum Gasteiger partial charge on any atom is -0.493 e. The van der Waals surface area contributed by atoms with Crippen molar-refractivity contribution < 1.29 is 28.2 Å². The highest BCUT2D eigenvalue weighted by molar-refractivity contribution is 7.99. The van der Waals surface area contributed by atoms with Gasteiger partial charge in [-0.3, -0.25) is 4.79 Å². The van der Waals surface area contributed by atoms with Gasteiger partial charge < -0.3 is 23.9 Å². The van der Waals surface area contributed by atoms with E-state index in [0.29, 0.717) is 53.6 Å². The molecule has 7 nitrogen and oxygen atoms in total. The number of carbonyl (C=O) groups is 2. The molecule has 8 heteroatoms. The second-order valence-electron chi connectivity index (χ2n) is 8.91. The number of dihydropyridines is 1. The molecule has 0 bridgehead atoms. The molecule has 0 spiro atoms. The summed E-state index contributed by atoms with van der Waals surface area (Å²) >= 11 is 1.71. The minimum absolute atomic E-state index is 0.0121. The number of Topliss-reactive ketones (excluding diaryl/α,β-unsaturated/α-hetero) is 1. The number of thioether (sulfide) groups is 1. The van der Waals surface area contributed by atoms with E-state index in [0.717, 1.165) is 28.5 Å². The van der Waals surface area contributed by atoms with Crippen LogP contribution >= 0.6 is 11.8 Å². The number of ketones is 1. The summed E-state index contributed by atoms with van der Waals surface area (Å²) in [6.45, 7) is 6.09. The Hall–Kier alpha value is -3.13. The van der Waals surface area contributed by atoms with Crippen LogP contribution in [0.15, 0.2) is 57.3 Å². The van der Waals surface area contributed by atoms with Crippen molar-refractivity contribution in [1.29, 1.82) is 0 Å². The third-order valence-electron chi connectivity index (χ3n) is 6.64. The van der Waals surface area contributed by atoms with Gasteiger partial charge in [-0.25, -0.2) is 4.79 Å². The SMILES string of the molecule is CCSCCOC(=O)C1=C(C)NC2=C(C(=O)C[C@@H](c3ccc(OC)c(OC)c3)C2)[C@@H]1c1ccc(C)o1. The molecule has 0 unspecified atom stereocenters. The van der Waals surface area contributed by atoms with Gasteiger partial charge in [0.05, 0.1) is 25.7 Å². The maximum absolute atomic E-state index is 13.7. The summed E-state index contributed by atoms with van der Waals surface area (Å²) in [5.74, 6) is 3.20. The number of methoxy groups -OCH3 is 2. The lowest BCUT2D eigenvalue weighted by molar-refractivity contribution is -0.138. The lowest BCUT2D eigenvalue weighted by atomic mass is 9.73. The smallest absolute Gasteiger partial charge is 0.336 e. The molecule has 1 N–H and O–H groups in total. The fourth-order valence-corrected chi connectivity index (χ4v) is 5.45. The monoisotopic (exact) mass is 511 g/mol. The highest BCUT2D eigenvalue weighted by atomic mass is 32.2. The van der Waals surface area contributed by atoms with Crippen LogP contribution in [0.1, 0.15) is 55.6 Å². The summed E-state index contributed by atoms with van der Waals surface area (Å²) in [4.78, 5) is 26.9. The van der Waals surface area contributed by atoms with Crippen molar-refractivity contribution >= 4 is 23.5 Å². The van der Waals surface area contributed by atoms with Crippen LogP contribution in [-0.4, -0.2) is 44.1 Å². The molecule has 2 atom stereocenters. The Kier molecular flexibility index (Phi) is 8.14. The fourth-order valence-electron chi connectivity index (χ4n) is 4.96. The fraction of sp³-hybridized carbons (Fsp3) is 0.429. The maximum Gasteiger partial charge on any atom is 0.336 e. The topological polar surface area (TPSA) is 87.0 Å². The van der Waals surface area contributed by atoms with Gasteiger partial charge in [-0.1, -0.05) is 13.0 Å². The van der Waals surface area contributed by atoms with Gasteiger partial charge in [0.1, 0.15) is 18.1 Å². The second-order valence-corrected chi connectivity index (χ2v) is 10.3. The van der Waals surface area contributed by atoms with Crippen molar-refractivity contribution in [2.45, 2.75) is 45.4 Å². The molecule has 1 aliphatic carbocycles. The highest BCUT2D eigenvalue weighted by Crippen LogP contribution is 2.46. The first-order valence-corrected chi connectivity index (χ1v) is 13.3. The van der Waals surface area contributed by atoms with Crippen molar-refractivity contribution in [3.8, 4) is 11.5 Å². The summed E-state index contributed by atoms with van der Waals surface area (Å²) in [7, 11) is 3.20. The van der Waals surface area contributed by atoms with Gasteiger partial charge >= 0.3 is 5.97 Å². The molecule has 1 aromatic carbocycles. The van der Waals surface area contributed by atoms with E-state index in [9.17, 15) is 9.59 Å². The van der Waals surface area contributed by atoms with Crippen LogP contribution in [0, 0.1) is 6.92 Å². The Morgan fingerprint density at radius 2 is 1.89 bits per heavy atom. The number of carbonyl (C=O) groups excluding carboxylic acids is 2. The van der Waals surface area contributed by atoms with Gasteiger partial charge in [0, 0.05) is 29.1 Å². The highest BCUT2D eigenvalue weighted by Gasteiger charge is 2.42. The van der Waals surface area contributed by atoms with Crippen LogP contribution in [0.2, 0.25) is 0 Å². The first-order valence-electron chi connectivity index (χ1n) is 12.1. The molecule has 0 fully saturated rings. The standard InChI is InChI=1S/C28H33NO6S/c1-6-36-12-11-34-28(31)25-17(3)29-20-13-19(18-8-10-22(32-4)24(15-18)33-5)14-21(30)26(20)27(25)23-9-7-16(2)35-23/h7-10,15,19,27,29H,6,11-14H2,1-5H3/t19-,27+/m0/s1. The van der Waals surface area contributed by atoms with E-state index in [1.807, 2.05) is 44.2 Å². The number of nitrogens with one attached hydrogen (secondary N) is 1. The molecular weight excluding hydrogens is 478 g/mol. The second kappa shape index (κ2) is 11.3. The van der Waals surface area contributed by atoms with Crippen LogP contribution in [0.4, 0.5) is 0 Å². The van der Waals surface area contributed by atoms with E-state index in [-0.39, 0.29) is 11.7 Å². The Morgan fingerprint density at radius 1 is 1.11 bits per heavy atom. The lowest BCUT2D eigenvalue weighted by Gasteiger charge is -2.35. The molecule has 0 saturated carbocycles.